The van der Waals surface area contributed by atoms with E-state index in [1.807, 2.05) is 55.5 Å². The third kappa shape index (κ3) is 3.36. The number of Topliss-reactive ketones (excluding diaryl/α,β-unsaturated/α-hetero) is 1. The maximum atomic E-state index is 13.0. The van der Waals surface area contributed by atoms with E-state index in [2.05, 4.69) is 5.32 Å². The number of thioether (sulfide) groups is 1. The van der Waals surface area contributed by atoms with E-state index >= 15 is 0 Å². The Hall–Kier alpha value is -2.53. The molecule has 3 rings (SSSR count). The van der Waals surface area contributed by atoms with E-state index in [0.29, 0.717) is 11.1 Å². The summed E-state index contributed by atoms with van der Waals surface area (Å²) < 4.78 is 0. The summed E-state index contributed by atoms with van der Waals surface area (Å²) in [6.07, 6.45) is 1.55. The van der Waals surface area contributed by atoms with E-state index in [0.717, 1.165) is 16.0 Å². The van der Waals surface area contributed by atoms with Crippen LogP contribution in [0.3, 0.4) is 0 Å². The third-order valence-electron chi connectivity index (χ3n) is 3.78. The SMILES string of the molecule is Cc1ccc2c(c1)C(=O)C(=CNCC(=O)O)C(c1ccccc1)S2. The first-order chi connectivity index (χ1) is 11.6. The summed E-state index contributed by atoms with van der Waals surface area (Å²) in [7, 11) is 0. The van der Waals surface area contributed by atoms with Crippen molar-refractivity contribution in [2.75, 3.05) is 6.54 Å². The standard InChI is InChI=1S/C19H17NO3S/c1-12-7-8-16-14(9-12)18(23)15(10-20-11-17(21)22)19(24-16)13-5-3-2-4-6-13/h2-10,19-20H,11H2,1H3,(H,21,22). The quantitative estimate of drug-likeness (QED) is 0.834. The Balaban J connectivity index is 2.03. The molecule has 0 spiro atoms. The summed E-state index contributed by atoms with van der Waals surface area (Å²) in [6.45, 7) is 1.73. The molecule has 24 heavy (non-hydrogen) atoms. The van der Waals surface area contributed by atoms with Crippen LogP contribution in [0.2, 0.25) is 0 Å². The Kier molecular flexibility index (Phi) is 4.71. The number of carbonyl (C=O) groups excluding carboxylic acids is 1. The summed E-state index contributed by atoms with van der Waals surface area (Å²) in [5, 5.41) is 11.4. The normalized spacial score (nSPS) is 18.3. The number of carboxylic acids is 1. The van der Waals surface area contributed by atoms with Gasteiger partial charge in [0.05, 0.1) is 5.25 Å². The van der Waals surface area contributed by atoms with Crippen LogP contribution in [0.4, 0.5) is 0 Å². The lowest BCUT2D eigenvalue weighted by atomic mass is 9.95. The van der Waals surface area contributed by atoms with Crippen molar-refractivity contribution in [3.63, 3.8) is 0 Å². The minimum atomic E-state index is -0.963. The maximum Gasteiger partial charge on any atom is 0.322 e. The molecule has 0 saturated heterocycles. The number of benzene rings is 2. The molecular formula is C19H17NO3S. The highest BCUT2D eigenvalue weighted by molar-refractivity contribution is 8.00. The number of aryl methyl sites for hydroxylation is 1. The lowest BCUT2D eigenvalue weighted by Gasteiger charge is -2.26. The van der Waals surface area contributed by atoms with E-state index in [1.54, 1.807) is 18.0 Å². The first-order valence-electron chi connectivity index (χ1n) is 7.58. The molecule has 2 aromatic rings. The van der Waals surface area contributed by atoms with Crippen molar-refractivity contribution in [1.29, 1.82) is 0 Å². The number of carbonyl (C=O) groups is 2. The molecule has 2 aromatic carbocycles. The number of rotatable bonds is 4. The fraction of sp³-hybridized carbons (Fsp3) is 0.158. The molecule has 5 heteroatoms. The van der Waals surface area contributed by atoms with Gasteiger partial charge in [0.2, 0.25) is 0 Å². The van der Waals surface area contributed by atoms with Gasteiger partial charge in [0.1, 0.15) is 6.54 Å². The molecule has 0 radical (unpaired) electrons. The molecule has 1 heterocycles. The highest BCUT2D eigenvalue weighted by Crippen LogP contribution is 2.47. The molecule has 0 saturated carbocycles. The largest absolute Gasteiger partial charge is 0.480 e. The van der Waals surface area contributed by atoms with Gasteiger partial charge in [-0.15, -0.1) is 11.8 Å². The van der Waals surface area contributed by atoms with Crippen LogP contribution in [-0.2, 0) is 4.79 Å². The molecule has 1 aliphatic heterocycles. The van der Waals surface area contributed by atoms with Crippen molar-refractivity contribution in [2.24, 2.45) is 0 Å². The molecule has 1 aliphatic rings. The van der Waals surface area contributed by atoms with Gasteiger partial charge in [-0.1, -0.05) is 42.0 Å². The number of nitrogens with one attached hydrogen (secondary N) is 1. The predicted octanol–water partition coefficient (Wildman–Crippen LogP) is 3.58. The summed E-state index contributed by atoms with van der Waals surface area (Å²) in [4.78, 5) is 24.6. The molecule has 4 nitrogen and oxygen atoms in total. The second-order valence-electron chi connectivity index (χ2n) is 5.61. The molecule has 122 valence electrons. The average molecular weight is 339 g/mol. The van der Waals surface area contributed by atoms with Gasteiger partial charge in [-0.25, -0.2) is 0 Å². The van der Waals surface area contributed by atoms with Crippen LogP contribution >= 0.6 is 11.8 Å². The Morgan fingerprint density at radius 3 is 2.71 bits per heavy atom. The number of fused-ring (bicyclic) bond motifs is 1. The minimum absolute atomic E-state index is 0.0563. The predicted molar refractivity (Wildman–Crippen MR) is 94.3 cm³/mol. The van der Waals surface area contributed by atoms with Crippen molar-refractivity contribution >= 4 is 23.5 Å². The number of carboxylic acid groups (broad SMARTS) is 1. The first-order valence-corrected chi connectivity index (χ1v) is 8.46. The highest BCUT2D eigenvalue weighted by Gasteiger charge is 2.32. The summed E-state index contributed by atoms with van der Waals surface area (Å²) >= 11 is 1.61. The molecule has 0 aliphatic carbocycles. The van der Waals surface area contributed by atoms with Crippen molar-refractivity contribution in [1.82, 2.24) is 5.32 Å². The smallest absolute Gasteiger partial charge is 0.322 e. The van der Waals surface area contributed by atoms with Crippen LogP contribution in [0.1, 0.15) is 26.7 Å². The van der Waals surface area contributed by atoms with Crippen LogP contribution in [0.5, 0.6) is 0 Å². The van der Waals surface area contributed by atoms with Gasteiger partial charge in [0.15, 0.2) is 5.78 Å². The molecule has 0 bridgehead atoms. The second-order valence-corrected chi connectivity index (χ2v) is 6.76. The zero-order valence-corrected chi connectivity index (χ0v) is 14.0. The van der Waals surface area contributed by atoms with Crippen molar-refractivity contribution < 1.29 is 14.7 Å². The molecule has 1 unspecified atom stereocenters. The first kappa shape index (κ1) is 16.3. The van der Waals surface area contributed by atoms with Crippen LogP contribution in [0.25, 0.3) is 0 Å². The summed E-state index contributed by atoms with van der Waals surface area (Å²) in [5.41, 5.74) is 3.30. The van der Waals surface area contributed by atoms with E-state index < -0.39 is 5.97 Å². The van der Waals surface area contributed by atoms with Gasteiger partial charge >= 0.3 is 5.97 Å². The topological polar surface area (TPSA) is 66.4 Å². The lowest BCUT2D eigenvalue weighted by molar-refractivity contribution is -0.135. The zero-order chi connectivity index (χ0) is 17.1. The number of aliphatic carboxylic acids is 1. The minimum Gasteiger partial charge on any atom is -0.480 e. The van der Waals surface area contributed by atoms with E-state index in [9.17, 15) is 9.59 Å². The van der Waals surface area contributed by atoms with Crippen molar-refractivity contribution in [3.8, 4) is 0 Å². The molecule has 0 aromatic heterocycles. The lowest BCUT2D eigenvalue weighted by Crippen LogP contribution is -2.22. The molecule has 0 amide bonds. The number of ketones is 1. The third-order valence-corrected chi connectivity index (χ3v) is 5.15. The van der Waals surface area contributed by atoms with Crippen LogP contribution in [-0.4, -0.2) is 23.4 Å². The zero-order valence-electron chi connectivity index (χ0n) is 13.2. The van der Waals surface area contributed by atoms with E-state index in [1.165, 1.54) is 0 Å². The van der Waals surface area contributed by atoms with Crippen molar-refractivity contribution in [3.05, 3.63) is 77.0 Å². The van der Waals surface area contributed by atoms with Gasteiger partial charge in [0, 0.05) is 22.2 Å². The van der Waals surface area contributed by atoms with Crippen LogP contribution in [0, 0.1) is 6.92 Å². The maximum absolute atomic E-state index is 13.0. The number of hydrogen-bond acceptors (Lipinski definition) is 4. The Morgan fingerprint density at radius 1 is 1.25 bits per heavy atom. The van der Waals surface area contributed by atoms with Gasteiger partial charge < -0.3 is 10.4 Å². The Labute approximate surface area is 144 Å². The molecule has 0 fully saturated rings. The fourth-order valence-electron chi connectivity index (χ4n) is 2.65. The van der Waals surface area contributed by atoms with Gasteiger partial charge in [-0.05, 0) is 24.6 Å². The van der Waals surface area contributed by atoms with Gasteiger partial charge in [0.25, 0.3) is 0 Å². The molecule has 2 N–H and O–H groups in total. The fourth-order valence-corrected chi connectivity index (χ4v) is 3.93. The Bertz CT molecular complexity index is 815. The van der Waals surface area contributed by atoms with Crippen LogP contribution in [0.15, 0.2) is 65.2 Å². The summed E-state index contributed by atoms with van der Waals surface area (Å²) in [5.74, 6) is -1.02. The molecule has 1 atom stereocenters. The second kappa shape index (κ2) is 6.93. The highest BCUT2D eigenvalue weighted by atomic mass is 32.2. The van der Waals surface area contributed by atoms with E-state index in [-0.39, 0.29) is 17.6 Å². The average Bonchev–Trinajstić information content (AvgIpc) is 2.57. The number of hydrogen-bond donors (Lipinski definition) is 2. The summed E-state index contributed by atoms with van der Waals surface area (Å²) in [6, 6.07) is 15.6. The van der Waals surface area contributed by atoms with Crippen LogP contribution < -0.4 is 5.32 Å². The van der Waals surface area contributed by atoms with Crippen molar-refractivity contribution in [2.45, 2.75) is 17.1 Å². The van der Waals surface area contributed by atoms with Gasteiger partial charge in [-0.2, -0.15) is 0 Å². The monoisotopic (exact) mass is 339 g/mol. The Morgan fingerprint density at radius 2 is 2.00 bits per heavy atom. The van der Waals surface area contributed by atoms with E-state index in [4.69, 9.17) is 5.11 Å². The molecular weight excluding hydrogens is 322 g/mol. The van der Waals surface area contributed by atoms with Gasteiger partial charge in [-0.3, -0.25) is 9.59 Å².